The van der Waals surface area contributed by atoms with Gasteiger partial charge in [0, 0.05) is 6.04 Å². The summed E-state index contributed by atoms with van der Waals surface area (Å²) in [6.45, 7) is 6.98. The Morgan fingerprint density at radius 2 is 1.87 bits per heavy atom. The largest absolute Gasteiger partial charge is 0.481 e. The van der Waals surface area contributed by atoms with Crippen molar-refractivity contribution in [3.05, 3.63) is 0 Å². The summed E-state index contributed by atoms with van der Waals surface area (Å²) < 4.78 is 25.4. The van der Waals surface area contributed by atoms with Crippen LogP contribution >= 0.6 is 0 Å². The van der Waals surface area contributed by atoms with Crippen LogP contribution in [0.15, 0.2) is 0 Å². The van der Waals surface area contributed by atoms with Crippen molar-refractivity contribution < 1.29 is 18.3 Å². The van der Waals surface area contributed by atoms with E-state index >= 15 is 0 Å². The Hall–Kier alpha value is -0.620. The van der Waals surface area contributed by atoms with Crippen molar-refractivity contribution in [3.8, 4) is 0 Å². The first-order valence-corrected chi connectivity index (χ1v) is 6.39. The number of hydrogen-bond donors (Lipinski definition) is 2. The van der Waals surface area contributed by atoms with E-state index in [1.54, 1.807) is 0 Å². The van der Waals surface area contributed by atoms with E-state index in [0.717, 1.165) is 0 Å². The molecule has 0 radical (unpaired) electrons. The number of hydrogen-bond acceptors (Lipinski definition) is 3. The zero-order valence-electron chi connectivity index (χ0n) is 9.57. The molecule has 6 heteroatoms. The molecule has 5 nitrogen and oxygen atoms in total. The van der Waals surface area contributed by atoms with E-state index in [9.17, 15) is 13.2 Å². The summed E-state index contributed by atoms with van der Waals surface area (Å²) in [5, 5.41) is 8.48. The third-order valence-electron chi connectivity index (χ3n) is 1.48. The van der Waals surface area contributed by atoms with Crippen LogP contribution in [0.3, 0.4) is 0 Å². The highest BCUT2D eigenvalue weighted by atomic mass is 32.2. The van der Waals surface area contributed by atoms with Gasteiger partial charge in [-0.3, -0.25) is 4.79 Å². The zero-order valence-corrected chi connectivity index (χ0v) is 10.4. The van der Waals surface area contributed by atoms with Crippen LogP contribution in [-0.2, 0) is 14.8 Å². The molecule has 0 saturated heterocycles. The van der Waals surface area contributed by atoms with Crippen molar-refractivity contribution in [2.75, 3.05) is 5.75 Å². The summed E-state index contributed by atoms with van der Waals surface area (Å²) in [5.41, 5.74) is -0.339. The molecule has 0 aromatic rings. The Bertz CT molecular complexity index is 315. The third kappa shape index (κ3) is 8.38. The summed E-state index contributed by atoms with van der Waals surface area (Å²) in [4.78, 5) is 10.3. The van der Waals surface area contributed by atoms with Gasteiger partial charge in [-0.05, 0) is 12.3 Å². The molecule has 0 aliphatic rings. The van der Waals surface area contributed by atoms with E-state index in [1.165, 1.54) is 6.92 Å². The molecule has 0 fully saturated rings. The lowest BCUT2D eigenvalue weighted by Crippen LogP contribution is -2.38. The average molecular weight is 237 g/mol. The first-order valence-electron chi connectivity index (χ1n) is 4.74. The maximum Gasteiger partial charge on any atom is 0.304 e. The van der Waals surface area contributed by atoms with Crippen molar-refractivity contribution in [1.82, 2.24) is 4.72 Å². The average Bonchev–Trinajstić information content (AvgIpc) is 1.73. The van der Waals surface area contributed by atoms with E-state index in [0.29, 0.717) is 0 Å². The molecule has 0 heterocycles. The molecule has 0 spiro atoms. The van der Waals surface area contributed by atoms with Crippen molar-refractivity contribution in [1.29, 1.82) is 0 Å². The molecule has 0 bridgehead atoms. The first kappa shape index (κ1) is 14.4. The Morgan fingerprint density at radius 1 is 1.40 bits per heavy atom. The minimum Gasteiger partial charge on any atom is -0.481 e. The highest BCUT2D eigenvalue weighted by Gasteiger charge is 2.23. The molecule has 0 aliphatic carbocycles. The van der Waals surface area contributed by atoms with Gasteiger partial charge in [0.05, 0.1) is 12.2 Å². The molecule has 1 unspecified atom stereocenters. The number of nitrogens with one attached hydrogen (secondary N) is 1. The van der Waals surface area contributed by atoms with Crippen LogP contribution in [0.2, 0.25) is 0 Å². The smallest absolute Gasteiger partial charge is 0.304 e. The summed E-state index contributed by atoms with van der Waals surface area (Å²) in [6.07, 6.45) is -0.205. The van der Waals surface area contributed by atoms with Gasteiger partial charge in [0.25, 0.3) is 0 Å². The summed E-state index contributed by atoms with van der Waals surface area (Å²) in [7, 11) is -3.40. The van der Waals surface area contributed by atoms with Gasteiger partial charge in [-0.1, -0.05) is 20.8 Å². The van der Waals surface area contributed by atoms with Crippen LogP contribution in [0.5, 0.6) is 0 Å². The fourth-order valence-electron chi connectivity index (χ4n) is 1.22. The van der Waals surface area contributed by atoms with Crippen molar-refractivity contribution in [3.63, 3.8) is 0 Å². The van der Waals surface area contributed by atoms with Crippen LogP contribution in [0.25, 0.3) is 0 Å². The van der Waals surface area contributed by atoms with E-state index in [4.69, 9.17) is 5.11 Å². The summed E-state index contributed by atoms with van der Waals surface area (Å²) in [5.74, 6) is -1.02. The molecule has 0 aromatic carbocycles. The lowest BCUT2D eigenvalue weighted by molar-refractivity contribution is -0.137. The lowest BCUT2D eigenvalue weighted by Gasteiger charge is -2.20. The maximum atomic E-state index is 11.5. The fraction of sp³-hybridized carbons (Fsp3) is 0.889. The lowest BCUT2D eigenvalue weighted by atomic mass is 10.0. The Labute approximate surface area is 90.9 Å². The standard InChI is InChI=1S/C9H19NO4S/c1-7(5-8(11)12)10-15(13,14)6-9(2,3)4/h7,10H,5-6H2,1-4H3,(H,11,12). The van der Waals surface area contributed by atoms with Gasteiger partial charge in [0.1, 0.15) is 0 Å². The second-order valence-corrected chi connectivity index (χ2v) is 6.69. The minimum atomic E-state index is -3.40. The van der Waals surface area contributed by atoms with Crippen LogP contribution in [0.1, 0.15) is 34.1 Å². The minimum absolute atomic E-state index is 0.00996. The number of carbonyl (C=O) groups is 1. The molecule has 1 atom stereocenters. The summed E-state index contributed by atoms with van der Waals surface area (Å²) in [6, 6.07) is -0.574. The number of sulfonamides is 1. The molecule has 0 saturated carbocycles. The quantitative estimate of drug-likeness (QED) is 0.741. The normalized spacial score (nSPS) is 14.9. The van der Waals surface area contributed by atoms with Crippen LogP contribution in [0.4, 0.5) is 0 Å². The molecule has 2 N–H and O–H groups in total. The monoisotopic (exact) mass is 237 g/mol. The molecular weight excluding hydrogens is 218 g/mol. The second-order valence-electron chi connectivity index (χ2n) is 4.94. The molecule has 0 aliphatic heterocycles. The van der Waals surface area contributed by atoms with Gasteiger partial charge >= 0.3 is 5.97 Å². The van der Waals surface area contributed by atoms with E-state index < -0.39 is 22.0 Å². The summed E-state index contributed by atoms with van der Waals surface area (Å²) >= 11 is 0. The molecule has 15 heavy (non-hydrogen) atoms. The van der Waals surface area contributed by atoms with E-state index in [1.807, 2.05) is 20.8 Å². The molecule has 0 rings (SSSR count). The topological polar surface area (TPSA) is 83.5 Å². The van der Waals surface area contributed by atoms with Gasteiger partial charge in [0.2, 0.25) is 10.0 Å². The highest BCUT2D eigenvalue weighted by molar-refractivity contribution is 7.89. The SMILES string of the molecule is CC(CC(=O)O)NS(=O)(=O)CC(C)(C)C. The number of carboxylic acids is 1. The Balaban J connectivity index is 4.33. The molecule has 90 valence electrons. The predicted molar refractivity (Wildman–Crippen MR) is 58.1 cm³/mol. The van der Waals surface area contributed by atoms with Crippen LogP contribution < -0.4 is 4.72 Å². The molecular formula is C9H19NO4S. The second kappa shape index (κ2) is 4.94. The third-order valence-corrected chi connectivity index (χ3v) is 3.49. The fourth-order valence-corrected chi connectivity index (χ4v) is 3.14. The molecule has 0 aromatic heterocycles. The van der Waals surface area contributed by atoms with E-state index in [-0.39, 0.29) is 17.6 Å². The zero-order chi connectivity index (χ0) is 12.3. The van der Waals surface area contributed by atoms with Gasteiger partial charge in [0.15, 0.2) is 0 Å². The van der Waals surface area contributed by atoms with Crippen molar-refractivity contribution in [2.45, 2.75) is 40.2 Å². The predicted octanol–water partition coefficient (Wildman–Crippen LogP) is 0.815. The van der Waals surface area contributed by atoms with Gasteiger partial charge in [-0.25, -0.2) is 13.1 Å². The first-order chi connectivity index (χ1) is 6.52. The Kier molecular flexibility index (Phi) is 4.73. The molecule has 0 amide bonds. The van der Waals surface area contributed by atoms with Gasteiger partial charge < -0.3 is 5.11 Å². The number of aliphatic carboxylic acids is 1. The van der Waals surface area contributed by atoms with Crippen molar-refractivity contribution in [2.24, 2.45) is 5.41 Å². The van der Waals surface area contributed by atoms with Gasteiger partial charge in [-0.2, -0.15) is 0 Å². The van der Waals surface area contributed by atoms with E-state index in [2.05, 4.69) is 4.72 Å². The van der Waals surface area contributed by atoms with Crippen LogP contribution in [0, 0.1) is 5.41 Å². The van der Waals surface area contributed by atoms with Crippen molar-refractivity contribution >= 4 is 16.0 Å². The number of rotatable bonds is 5. The maximum absolute atomic E-state index is 11.5. The Morgan fingerprint density at radius 3 is 2.20 bits per heavy atom. The van der Waals surface area contributed by atoms with Gasteiger partial charge in [-0.15, -0.1) is 0 Å². The number of carboxylic acid groups (broad SMARTS) is 1. The highest BCUT2D eigenvalue weighted by Crippen LogP contribution is 2.15. The van der Waals surface area contributed by atoms with Crippen LogP contribution in [-0.4, -0.2) is 31.3 Å².